The summed E-state index contributed by atoms with van der Waals surface area (Å²) in [5.41, 5.74) is 0. The van der Waals surface area contributed by atoms with Crippen LogP contribution in [0.4, 0.5) is 0 Å². The van der Waals surface area contributed by atoms with Gasteiger partial charge in [-0.1, -0.05) is 54.6 Å². The van der Waals surface area contributed by atoms with E-state index in [1.165, 1.54) is 22.8 Å². The van der Waals surface area contributed by atoms with Crippen LogP contribution in [-0.4, -0.2) is 12.3 Å². The summed E-state index contributed by atoms with van der Waals surface area (Å²) in [5.74, 6) is -0.248. The van der Waals surface area contributed by atoms with E-state index in [1.54, 1.807) is 0 Å². The molecule has 0 radical (unpaired) electrons. The number of hydrogen-bond acceptors (Lipinski definition) is 2. The van der Waals surface area contributed by atoms with Crippen LogP contribution in [0.3, 0.4) is 0 Å². The van der Waals surface area contributed by atoms with Crippen molar-refractivity contribution in [1.29, 1.82) is 0 Å². The van der Waals surface area contributed by atoms with Gasteiger partial charge in [0.15, 0.2) is 7.26 Å². The van der Waals surface area contributed by atoms with Crippen LogP contribution in [0.25, 0.3) is 0 Å². The van der Waals surface area contributed by atoms with Gasteiger partial charge in [0.25, 0.3) is 0 Å². The Kier molecular flexibility index (Phi) is 6.75. The van der Waals surface area contributed by atoms with E-state index >= 15 is 0 Å². The van der Waals surface area contributed by atoms with Crippen molar-refractivity contribution in [3.63, 3.8) is 0 Å². The van der Waals surface area contributed by atoms with E-state index in [4.69, 9.17) is 4.74 Å². The molecule has 3 aromatic carbocycles. The minimum absolute atomic E-state index is 0. The fourth-order valence-corrected chi connectivity index (χ4v) is 6.67. The van der Waals surface area contributed by atoms with Crippen molar-refractivity contribution in [3.8, 4) is 0 Å². The van der Waals surface area contributed by atoms with Gasteiger partial charge in [-0.05, 0) is 36.4 Å². The van der Waals surface area contributed by atoms with Crippen LogP contribution in [0.1, 0.15) is 6.92 Å². The van der Waals surface area contributed by atoms with E-state index in [0.29, 0.717) is 6.35 Å². The highest BCUT2D eigenvalue weighted by molar-refractivity contribution is 7.95. The van der Waals surface area contributed by atoms with Crippen LogP contribution in [0.5, 0.6) is 0 Å². The fourth-order valence-electron chi connectivity index (χ4n) is 2.91. The van der Waals surface area contributed by atoms with Crippen LogP contribution in [-0.2, 0) is 9.53 Å². The highest BCUT2D eigenvalue weighted by atomic mass is 35.5. The number of esters is 1. The molecule has 3 rings (SSSR count). The van der Waals surface area contributed by atoms with Crippen molar-refractivity contribution in [1.82, 2.24) is 0 Å². The SMILES string of the molecule is CC(=O)OC[P+](c1ccccc1)(c1ccccc1)c1ccccc1.[Cl-]. The molecule has 25 heavy (non-hydrogen) atoms. The Morgan fingerprint density at radius 1 is 0.720 bits per heavy atom. The maximum Gasteiger partial charge on any atom is 0.305 e. The Morgan fingerprint density at radius 3 is 1.32 bits per heavy atom. The molecule has 0 unspecified atom stereocenters. The standard InChI is InChI=1S/C21H20O2P.ClH/c1-18(22)23-17-24(19-11-5-2-6-12-19,20-13-7-3-8-14-20)21-15-9-4-10-16-21;/h2-16H,17H2,1H3;1H/q+1;/p-1. The zero-order valence-corrected chi connectivity index (χ0v) is 15.7. The minimum Gasteiger partial charge on any atom is -1.00 e. The number of hydrogen-bond donors (Lipinski definition) is 0. The third-order valence-electron chi connectivity index (χ3n) is 4.05. The smallest absolute Gasteiger partial charge is 0.305 e. The topological polar surface area (TPSA) is 26.3 Å². The Hall–Kier alpha value is -2.15. The van der Waals surface area contributed by atoms with Gasteiger partial charge in [0.05, 0.1) is 0 Å². The monoisotopic (exact) mass is 370 g/mol. The second-order valence-corrected chi connectivity index (χ2v) is 9.01. The molecule has 0 saturated carbocycles. The predicted octanol–water partition coefficient (Wildman–Crippen LogP) is 0.505. The minimum atomic E-state index is -2.05. The average molecular weight is 371 g/mol. The number of rotatable bonds is 5. The third-order valence-corrected chi connectivity index (χ3v) is 8.11. The van der Waals surface area contributed by atoms with Crippen molar-refractivity contribution in [3.05, 3.63) is 91.0 Å². The summed E-state index contributed by atoms with van der Waals surface area (Å²) in [6, 6.07) is 31.1. The van der Waals surface area contributed by atoms with E-state index in [0.717, 1.165) is 0 Å². The Balaban J connectivity index is 0.00000225. The van der Waals surface area contributed by atoms with Gasteiger partial charge in [0.1, 0.15) is 15.9 Å². The van der Waals surface area contributed by atoms with Crippen molar-refractivity contribution >= 4 is 29.1 Å². The van der Waals surface area contributed by atoms with Gasteiger partial charge >= 0.3 is 5.97 Å². The first-order valence-electron chi connectivity index (χ1n) is 7.92. The van der Waals surface area contributed by atoms with Crippen LogP contribution in [0.2, 0.25) is 0 Å². The summed E-state index contributed by atoms with van der Waals surface area (Å²) in [6.07, 6.45) is 0.375. The molecular formula is C21H20ClO2P. The Labute approximate surface area is 155 Å². The zero-order chi connectivity index (χ0) is 16.8. The molecule has 0 saturated heterocycles. The molecule has 0 fully saturated rings. The number of carbonyl (C=O) groups is 1. The summed E-state index contributed by atoms with van der Waals surface area (Å²) in [4.78, 5) is 11.6. The van der Waals surface area contributed by atoms with Gasteiger partial charge in [-0.3, -0.25) is 4.79 Å². The fraction of sp³-hybridized carbons (Fsp3) is 0.0952. The molecule has 2 nitrogen and oxygen atoms in total. The molecule has 0 aliphatic rings. The van der Waals surface area contributed by atoms with Crippen molar-refractivity contribution in [2.24, 2.45) is 0 Å². The van der Waals surface area contributed by atoms with Gasteiger partial charge in [-0.25, -0.2) is 0 Å². The summed E-state index contributed by atoms with van der Waals surface area (Å²) in [6.45, 7) is 1.47. The second-order valence-electron chi connectivity index (χ2n) is 5.58. The van der Waals surface area contributed by atoms with E-state index in [-0.39, 0.29) is 18.4 Å². The predicted molar refractivity (Wildman–Crippen MR) is 102 cm³/mol. The van der Waals surface area contributed by atoms with E-state index < -0.39 is 7.26 Å². The Bertz CT molecular complexity index is 695. The van der Waals surface area contributed by atoms with E-state index in [2.05, 4.69) is 36.4 Å². The first-order chi connectivity index (χ1) is 11.7. The van der Waals surface area contributed by atoms with Crippen molar-refractivity contribution in [2.75, 3.05) is 6.35 Å². The molecule has 0 aliphatic carbocycles. The van der Waals surface area contributed by atoms with E-state index in [9.17, 15) is 4.79 Å². The van der Waals surface area contributed by atoms with E-state index in [1.807, 2.05) is 54.6 Å². The molecular weight excluding hydrogens is 351 g/mol. The maximum atomic E-state index is 11.6. The molecule has 0 aliphatic heterocycles. The molecule has 0 amide bonds. The lowest BCUT2D eigenvalue weighted by Crippen LogP contribution is -3.00. The third kappa shape index (κ3) is 4.10. The Morgan fingerprint density at radius 2 is 1.04 bits per heavy atom. The number of benzene rings is 3. The first kappa shape index (κ1) is 19.2. The average Bonchev–Trinajstić information content (AvgIpc) is 2.65. The van der Waals surface area contributed by atoms with Crippen LogP contribution >= 0.6 is 7.26 Å². The zero-order valence-electron chi connectivity index (χ0n) is 14.0. The van der Waals surface area contributed by atoms with Crippen LogP contribution in [0, 0.1) is 0 Å². The van der Waals surface area contributed by atoms with Crippen molar-refractivity contribution < 1.29 is 21.9 Å². The molecule has 0 N–H and O–H groups in total. The lowest BCUT2D eigenvalue weighted by molar-refractivity contribution is -0.138. The lowest BCUT2D eigenvalue weighted by Gasteiger charge is -2.26. The molecule has 3 aromatic rings. The molecule has 128 valence electrons. The van der Waals surface area contributed by atoms with Gasteiger partial charge in [-0.2, -0.15) is 0 Å². The molecule has 0 heterocycles. The molecule has 4 heteroatoms. The lowest BCUT2D eigenvalue weighted by atomic mass is 10.4. The molecule has 0 bridgehead atoms. The van der Waals surface area contributed by atoms with Crippen molar-refractivity contribution in [2.45, 2.75) is 6.92 Å². The molecule has 0 atom stereocenters. The first-order valence-corrected chi connectivity index (χ1v) is 9.89. The number of ether oxygens (including phenoxy) is 1. The maximum absolute atomic E-state index is 11.6. The quantitative estimate of drug-likeness (QED) is 0.483. The number of halogens is 1. The summed E-state index contributed by atoms with van der Waals surface area (Å²) >= 11 is 0. The summed E-state index contributed by atoms with van der Waals surface area (Å²) < 4.78 is 5.58. The number of carbonyl (C=O) groups excluding carboxylic acids is 1. The van der Waals surface area contributed by atoms with Gasteiger partial charge in [-0.15, -0.1) is 0 Å². The van der Waals surface area contributed by atoms with Crippen LogP contribution in [0.15, 0.2) is 91.0 Å². The molecule has 0 spiro atoms. The van der Waals surface area contributed by atoms with Gasteiger partial charge < -0.3 is 17.1 Å². The van der Waals surface area contributed by atoms with Crippen LogP contribution < -0.4 is 28.3 Å². The summed E-state index contributed by atoms with van der Waals surface area (Å²) in [5, 5.41) is 3.64. The largest absolute Gasteiger partial charge is 1.00 e. The second kappa shape index (κ2) is 8.80. The normalized spacial score (nSPS) is 10.6. The van der Waals surface area contributed by atoms with Gasteiger partial charge in [0.2, 0.25) is 6.35 Å². The molecule has 0 aromatic heterocycles. The highest BCUT2D eigenvalue weighted by Crippen LogP contribution is 2.55. The highest BCUT2D eigenvalue weighted by Gasteiger charge is 2.46. The van der Waals surface area contributed by atoms with Gasteiger partial charge in [0, 0.05) is 6.92 Å². The summed E-state index contributed by atoms with van der Waals surface area (Å²) in [7, 11) is -2.05.